The van der Waals surface area contributed by atoms with Crippen molar-refractivity contribution in [3.05, 3.63) is 29.3 Å². The van der Waals surface area contributed by atoms with E-state index >= 15 is 0 Å². The first-order chi connectivity index (χ1) is 8.92. The van der Waals surface area contributed by atoms with Crippen molar-refractivity contribution in [2.75, 3.05) is 20.7 Å². The van der Waals surface area contributed by atoms with Gasteiger partial charge in [-0.1, -0.05) is 26.0 Å². The van der Waals surface area contributed by atoms with Crippen LogP contribution in [0.4, 0.5) is 0 Å². The molecule has 0 bridgehead atoms. The third-order valence-electron chi connectivity index (χ3n) is 4.13. The number of benzene rings is 1. The van der Waals surface area contributed by atoms with Crippen LogP contribution in [0.5, 0.6) is 5.75 Å². The number of rotatable bonds is 6. The highest BCUT2D eigenvalue weighted by atomic mass is 16.5. The van der Waals surface area contributed by atoms with Crippen molar-refractivity contribution in [1.29, 1.82) is 0 Å². The highest BCUT2D eigenvalue weighted by molar-refractivity contribution is 5.37. The summed E-state index contributed by atoms with van der Waals surface area (Å²) in [5.41, 5.74) is 8.41. The summed E-state index contributed by atoms with van der Waals surface area (Å²) in [6, 6.07) is 7.08. The molecular formula is C16H28N2O. The molecule has 0 aliphatic carbocycles. The number of methoxy groups -OCH3 is 1. The Hall–Kier alpha value is -1.06. The average molecular weight is 264 g/mol. The maximum absolute atomic E-state index is 5.99. The van der Waals surface area contributed by atoms with Gasteiger partial charge in [-0.05, 0) is 44.0 Å². The quantitative estimate of drug-likeness (QED) is 0.858. The smallest absolute Gasteiger partial charge is 0.121 e. The molecule has 1 rings (SSSR count). The maximum Gasteiger partial charge on any atom is 0.121 e. The number of hydrogen-bond donors (Lipinski definition) is 1. The maximum atomic E-state index is 5.99. The molecule has 0 saturated carbocycles. The van der Waals surface area contributed by atoms with Crippen LogP contribution < -0.4 is 10.5 Å². The summed E-state index contributed by atoms with van der Waals surface area (Å²) in [6.45, 7) is 9.44. The molecule has 108 valence electrons. The zero-order valence-electron chi connectivity index (χ0n) is 13.1. The Morgan fingerprint density at radius 1 is 1.26 bits per heavy atom. The van der Waals surface area contributed by atoms with Gasteiger partial charge in [0.1, 0.15) is 5.75 Å². The average Bonchev–Trinajstić information content (AvgIpc) is 2.38. The third kappa shape index (κ3) is 3.71. The van der Waals surface area contributed by atoms with E-state index in [4.69, 9.17) is 10.5 Å². The molecule has 2 unspecified atom stereocenters. The van der Waals surface area contributed by atoms with Crippen LogP contribution in [0.15, 0.2) is 18.2 Å². The molecule has 1 aromatic rings. The molecule has 0 heterocycles. The molecule has 3 nitrogen and oxygen atoms in total. The minimum Gasteiger partial charge on any atom is -0.496 e. The van der Waals surface area contributed by atoms with Crippen molar-refractivity contribution in [2.45, 2.75) is 39.8 Å². The molecule has 0 spiro atoms. The molecule has 3 heteroatoms. The van der Waals surface area contributed by atoms with Gasteiger partial charge in [-0.3, -0.25) is 4.90 Å². The molecule has 0 aliphatic rings. The number of aryl methyl sites for hydroxylation is 1. The molecule has 0 amide bonds. The molecule has 0 aromatic heterocycles. The van der Waals surface area contributed by atoms with Gasteiger partial charge in [-0.2, -0.15) is 0 Å². The summed E-state index contributed by atoms with van der Waals surface area (Å²) >= 11 is 0. The van der Waals surface area contributed by atoms with Crippen molar-refractivity contribution in [1.82, 2.24) is 4.90 Å². The summed E-state index contributed by atoms with van der Waals surface area (Å²) < 4.78 is 5.31. The Morgan fingerprint density at radius 3 is 2.32 bits per heavy atom. The van der Waals surface area contributed by atoms with Gasteiger partial charge in [0.05, 0.1) is 7.11 Å². The molecule has 0 saturated heterocycles. The number of likely N-dealkylation sites (N-methyl/N-ethyl adjacent to an activating group) is 1. The van der Waals surface area contributed by atoms with Crippen LogP contribution in [-0.2, 0) is 0 Å². The monoisotopic (exact) mass is 264 g/mol. The van der Waals surface area contributed by atoms with Crippen molar-refractivity contribution in [2.24, 2.45) is 11.7 Å². The lowest BCUT2D eigenvalue weighted by atomic mass is 9.98. The Morgan fingerprint density at radius 2 is 1.89 bits per heavy atom. The molecule has 0 fully saturated rings. The second-order valence-corrected chi connectivity index (χ2v) is 5.63. The first kappa shape index (κ1) is 16.0. The highest BCUT2D eigenvalue weighted by Gasteiger charge is 2.22. The van der Waals surface area contributed by atoms with Crippen LogP contribution in [0.25, 0.3) is 0 Å². The van der Waals surface area contributed by atoms with Crippen LogP contribution in [0.1, 0.15) is 37.9 Å². The predicted molar refractivity (Wildman–Crippen MR) is 81.6 cm³/mol. The first-order valence-corrected chi connectivity index (χ1v) is 6.98. The molecule has 2 N–H and O–H groups in total. The van der Waals surface area contributed by atoms with Gasteiger partial charge >= 0.3 is 0 Å². The summed E-state index contributed by atoms with van der Waals surface area (Å²) in [6.07, 6.45) is 0. The highest BCUT2D eigenvalue weighted by Crippen LogP contribution is 2.27. The minimum atomic E-state index is 0.252. The summed E-state index contributed by atoms with van der Waals surface area (Å²) in [7, 11) is 3.86. The number of ether oxygens (including phenoxy) is 1. The number of hydrogen-bond acceptors (Lipinski definition) is 3. The second kappa shape index (κ2) is 6.92. The van der Waals surface area contributed by atoms with Crippen molar-refractivity contribution in [3.8, 4) is 5.75 Å². The van der Waals surface area contributed by atoms with Crippen molar-refractivity contribution >= 4 is 0 Å². The lowest BCUT2D eigenvalue weighted by Gasteiger charge is -2.35. The van der Waals surface area contributed by atoms with Crippen LogP contribution in [-0.4, -0.2) is 31.6 Å². The van der Waals surface area contributed by atoms with Crippen LogP contribution >= 0.6 is 0 Å². The van der Waals surface area contributed by atoms with E-state index in [1.807, 2.05) is 6.07 Å². The number of nitrogens with zero attached hydrogens (tertiary/aromatic N) is 1. The summed E-state index contributed by atoms with van der Waals surface area (Å²) in [5, 5.41) is 0. The fourth-order valence-electron chi connectivity index (χ4n) is 2.40. The molecule has 2 atom stereocenters. The van der Waals surface area contributed by atoms with Crippen molar-refractivity contribution < 1.29 is 4.74 Å². The summed E-state index contributed by atoms with van der Waals surface area (Å²) in [4.78, 5) is 2.37. The summed E-state index contributed by atoms with van der Waals surface area (Å²) in [5.74, 6) is 1.54. The topological polar surface area (TPSA) is 38.5 Å². The lowest BCUT2D eigenvalue weighted by molar-refractivity contribution is 0.152. The lowest BCUT2D eigenvalue weighted by Crippen LogP contribution is -2.39. The Kier molecular flexibility index (Phi) is 5.83. The third-order valence-corrected chi connectivity index (χ3v) is 4.13. The molecule has 19 heavy (non-hydrogen) atoms. The van der Waals surface area contributed by atoms with Gasteiger partial charge in [-0.15, -0.1) is 0 Å². The molecule has 0 aliphatic heterocycles. The Balaban J connectivity index is 3.00. The molecular weight excluding hydrogens is 236 g/mol. The second-order valence-electron chi connectivity index (χ2n) is 5.63. The van der Waals surface area contributed by atoms with Crippen LogP contribution in [0.2, 0.25) is 0 Å². The van der Waals surface area contributed by atoms with E-state index in [1.165, 1.54) is 5.56 Å². The largest absolute Gasteiger partial charge is 0.496 e. The predicted octanol–water partition coefficient (Wildman–Crippen LogP) is 2.98. The fourth-order valence-corrected chi connectivity index (χ4v) is 2.40. The van der Waals surface area contributed by atoms with Gasteiger partial charge in [0.2, 0.25) is 0 Å². The Bertz CT molecular complexity index is 404. The fraction of sp³-hybridized carbons (Fsp3) is 0.625. The van der Waals surface area contributed by atoms with E-state index in [0.717, 1.165) is 11.3 Å². The molecule has 1 aromatic carbocycles. The van der Waals surface area contributed by atoms with Gasteiger partial charge in [-0.25, -0.2) is 0 Å². The first-order valence-electron chi connectivity index (χ1n) is 6.98. The number of nitrogens with two attached hydrogens (primary N) is 1. The van der Waals surface area contributed by atoms with E-state index in [1.54, 1.807) is 7.11 Å². The standard InChI is InChI=1S/C16H28N2O/c1-11(2)13(4)18(5)15(10-17)14-7-8-16(19-6)12(3)9-14/h7-9,11,13,15H,10,17H2,1-6H3. The van der Waals surface area contributed by atoms with Gasteiger partial charge in [0.15, 0.2) is 0 Å². The van der Waals surface area contributed by atoms with Gasteiger partial charge < -0.3 is 10.5 Å². The zero-order chi connectivity index (χ0) is 14.6. The van der Waals surface area contributed by atoms with Crippen LogP contribution in [0.3, 0.4) is 0 Å². The SMILES string of the molecule is COc1ccc(C(CN)N(C)C(C)C(C)C)cc1C. The molecule has 0 radical (unpaired) electrons. The van der Waals surface area contributed by atoms with Gasteiger partial charge in [0.25, 0.3) is 0 Å². The van der Waals surface area contributed by atoms with Crippen LogP contribution in [0, 0.1) is 12.8 Å². The van der Waals surface area contributed by atoms with E-state index in [9.17, 15) is 0 Å². The van der Waals surface area contributed by atoms with Crippen molar-refractivity contribution in [3.63, 3.8) is 0 Å². The van der Waals surface area contributed by atoms with Gasteiger partial charge in [0, 0.05) is 18.6 Å². The van der Waals surface area contributed by atoms with E-state index in [-0.39, 0.29) is 6.04 Å². The zero-order valence-corrected chi connectivity index (χ0v) is 13.1. The normalized spacial score (nSPS) is 14.8. The Labute approximate surface area is 117 Å². The van der Waals surface area contributed by atoms with E-state index in [0.29, 0.717) is 18.5 Å². The minimum absolute atomic E-state index is 0.252. The van der Waals surface area contributed by atoms with E-state index in [2.05, 4.69) is 51.8 Å². The van der Waals surface area contributed by atoms with E-state index < -0.39 is 0 Å².